The van der Waals surface area contributed by atoms with Gasteiger partial charge in [0.15, 0.2) is 0 Å². The molecular formula is C48H89NO5. The van der Waals surface area contributed by atoms with Crippen LogP contribution in [-0.4, -0.2) is 46.9 Å². The maximum absolute atomic E-state index is 13.1. The van der Waals surface area contributed by atoms with Gasteiger partial charge in [-0.15, -0.1) is 0 Å². The van der Waals surface area contributed by atoms with E-state index in [1.165, 1.54) is 116 Å². The number of nitrogens with one attached hydrogen (secondary N) is 1. The summed E-state index contributed by atoms with van der Waals surface area (Å²) >= 11 is 0. The van der Waals surface area contributed by atoms with E-state index < -0.39 is 18.2 Å². The van der Waals surface area contributed by atoms with E-state index in [2.05, 4.69) is 50.4 Å². The highest BCUT2D eigenvalue weighted by Crippen LogP contribution is 2.17. The van der Waals surface area contributed by atoms with Crippen molar-refractivity contribution in [3.05, 3.63) is 36.5 Å². The van der Waals surface area contributed by atoms with Gasteiger partial charge < -0.3 is 20.3 Å². The zero-order chi connectivity index (χ0) is 39.6. The summed E-state index contributed by atoms with van der Waals surface area (Å²) in [4.78, 5) is 26.0. The Morgan fingerprint density at radius 3 is 1.50 bits per heavy atom. The van der Waals surface area contributed by atoms with Crippen LogP contribution in [0.3, 0.4) is 0 Å². The highest BCUT2D eigenvalue weighted by Gasteiger charge is 2.24. The first-order chi connectivity index (χ1) is 26.5. The predicted molar refractivity (Wildman–Crippen MR) is 232 cm³/mol. The molecule has 6 nitrogen and oxygen atoms in total. The van der Waals surface area contributed by atoms with Crippen LogP contribution < -0.4 is 5.32 Å². The van der Waals surface area contributed by atoms with Crippen molar-refractivity contribution in [3.63, 3.8) is 0 Å². The lowest BCUT2D eigenvalue weighted by Crippen LogP contribution is -2.46. The highest BCUT2D eigenvalue weighted by atomic mass is 16.5. The molecule has 0 aliphatic rings. The molecule has 0 saturated heterocycles. The van der Waals surface area contributed by atoms with E-state index in [-0.39, 0.29) is 24.9 Å². The summed E-state index contributed by atoms with van der Waals surface area (Å²) in [6, 6.07) is -0.707. The molecule has 0 aromatic rings. The molecule has 0 aromatic carbocycles. The number of carbonyl (C=O) groups is 2. The number of ether oxygens (including phenoxy) is 1. The molecule has 0 aliphatic heterocycles. The molecule has 0 radical (unpaired) electrons. The number of carbonyl (C=O) groups excluding carboxylic acids is 2. The fourth-order valence-corrected chi connectivity index (χ4v) is 7.02. The number of hydrogen-bond donors (Lipinski definition) is 3. The van der Waals surface area contributed by atoms with E-state index in [0.29, 0.717) is 19.3 Å². The Bertz CT molecular complexity index is 900. The number of hydrogen-bond acceptors (Lipinski definition) is 5. The number of rotatable bonds is 41. The van der Waals surface area contributed by atoms with Gasteiger partial charge in [0.25, 0.3) is 0 Å². The average Bonchev–Trinajstić information content (AvgIpc) is 3.16. The largest absolute Gasteiger partial charge is 0.462 e. The van der Waals surface area contributed by atoms with Crippen molar-refractivity contribution in [3.8, 4) is 0 Å². The second kappa shape index (κ2) is 42.2. The molecular weight excluding hydrogens is 671 g/mol. The van der Waals surface area contributed by atoms with Crippen molar-refractivity contribution in [1.82, 2.24) is 5.32 Å². The number of aliphatic hydroxyl groups is 2. The Balaban J connectivity index is 4.60. The number of aliphatic hydroxyl groups excluding tert-OH is 2. The van der Waals surface area contributed by atoms with Crippen LogP contribution in [-0.2, 0) is 14.3 Å². The smallest absolute Gasteiger partial charge is 0.306 e. The van der Waals surface area contributed by atoms with E-state index in [1.807, 2.05) is 12.2 Å². The quantitative estimate of drug-likeness (QED) is 0.0328. The molecule has 1 amide bonds. The van der Waals surface area contributed by atoms with Crippen LogP contribution in [0.4, 0.5) is 0 Å². The molecule has 0 bridgehead atoms. The van der Waals surface area contributed by atoms with E-state index in [9.17, 15) is 19.8 Å². The first-order valence-electron chi connectivity index (χ1n) is 23.2. The summed E-state index contributed by atoms with van der Waals surface area (Å²) in [5.74, 6) is -0.504. The zero-order valence-corrected chi connectivity index (χ0v) is 35.9. The monoisotopic (exact) mass is 760 g/mol. The Hall–Kier alpha value is -1.92. The lowest BCUT2D eigenvalue weighted by molar-refractivity contribution is -0.151. The highest BCUT2D eigenvalue weighted by molar-refractivity contribution is 5.77. The van der Waals surface area contributed by atoms with E-state index in [4.69, 9.17) is 4.74 Å². The lowest BCUT2D eigenvalue weighted by atomic mass is 10.0. The Morgan fingerprint density at radius 2 is 1.00 bits per heavy atom. The van der Waals surface area contributed by atoms with Crippen LogP contribution in [0.5, 0.6) is 0 Å². The second-order valence-corrected chi connectivity index (χ2v) is 15.8. The molecule has 0 heterocycles. The predicted octanol–water partition coefficient (Wildman–Crippen LogP) is 13.3. The summed E-state index contributed by atoms with van der Waals surface area (Å²) in [6.45, 7) is 6.32. The molecule has 0 spiro atoms. The third kappa shape index (κ3) is 37.0. The normalized spacial score (nSPS) is 13.6. The lowest BCUT2D eigenvalue weighted by Gasteiger charge is -2.24. The van der Waals surface area contributed by atoms with Gasteiger partial charge in [-0.2, -0.15) is 0 Å². The van der Waals surface area contributed by atoms with Crippen molar-refractivity contribution in [2.45, 2.75) is 251 Å². The van der Waals surface area contributed by atoms with Crippen molar-refractivity contribution < 1.29 is 24.5 Å². The summed E-state index contributed by atoms with van der Waals surface area (Å²) in [6.07, 6.45) is 47.8. The van der Waals surface area contributed by atoms with Crippen LogP contribution in [0, 0.1) is 0 Å². The van der Waals surface area contributed by atoms with Gasteiger partial charge in [0.2, 0.25) is 5.91 Å². The number of allylic oxidation sites excluding steroid dienone is 6. The second-order valence-electron chi connectivity index (χ2n) is 15.8. The minimum absolute atomic E-state index is 0.0575. The summed E-state index contributed by atoms with van der Waals surface area (Å²) in [5, 5.41) is 23.6. The Morgan fingerprint density at radius 1 is 0.556 bits per heavy atom. The first-order valence-corrected chi connectivity index (χ1v) is 23.2. The SMILES string of the molecule is CC/C=C/C=C/C=C\CCCCCC(CC(=O)NC(CO)C(O)CCCCCCCCCCCCC)OC(=O)CCCCCCCCCCCCCCC. The number of amides is 1. The van der Waals surface area contributed by atoms with Crippen LogP contribution in [0.2, 0.25) is 0 Å². The summed E-state index contributed by atoms with van der Waals surface area (Å²) in [7, 11) is 0. The van der Waals surface area contributed by atoms with Crippen LogP contribution in [0.25, 0.3) is 0 Å². The maximum Gasteiger partial charge on any atom is 0.306 e. The molecule has 54 heavy (non-hydrogen) atoms. The van der Waals surface area contributed by atoms with E-state index >= 15 is 0 Å². The van der Waals surface area contributed by atoms with Gasteiger partial charge in [-0.3, -0.25) is 9.59 Å². The van der Waals surface area contributed by atoms with Gasteiger partial charge in [0.1, 0.15) is 6.10 Å². The molecule has 3 atom stereocenters. The van der Waals surface area contributed by atoms with Gasteiger partial charge in [-0.05, 0) is 44.9 Å². The number of unbranched alkanes of at least 4 members (excludes halogenated alkanes) is 25. The number of esters is 1. The van der Waals surface area contributed by atoms with E-state index in [1.54, 1.807) is 0 Å². The third-order valence-corrected chi connectivity index (χ3v) is 10.5. The molecule has 0 fully saturated rings. The van der Waals surface area contributed by atoms with Crippen LogP contribution >= 0.6 is 0 Å². The molecule has 0 aromatic heterocycles. The maximum atomic E-state index is 13.1. The third-order valence-electron chi connectivity index (χ3n) is 10.5. The molecule has 0 saturated carbocycles. The summed E-state index contributed by atoms with van der Waals surface area (Å²) in [5.41, 5.74) is 0. The average molecular weight is 760 g/mol. The minimum Gasteiger partial charge on any atom is -0.462 e. The molecule has 6 heteroatoms. The molecule has 0 aliphatic carbocycles. The standard InChI is InChI=1S/C48H89NO5/c1-4-7-10-13-16-19-22-23-26-29-32-35-38-41-48(53)54-44(39-36-33-30-27-24-20-17-14-11-8-5-2)42-47(52)49-45(43-50)46(51)40-37-34-31-28-25-21-18-15-12-9-6-3/h8,11,14,17,20,24,44-46,50-51H,4-7,9-10,12-13,15-16,18-19,21-23,25-43H2,1-3H3,(H,49,52)/b11-8+,17-14+,24-20-. The zero-order valence-electron chi connectivity index (χ0n) is 35.9. The van der Waals surface area contributed by atoms with Crippen molar-refractivity contribution >= 4 is 11.9 Å². The Kier molecular flexibility index (Phi) is 40.7. The molecule has 316 valence electrons. The molecule has 3 unspecified atom stereocenters. The van der Waals surface area contributed by atoms with Crippen molar-refractivity contribution in [1.29, 1.82) is 0 Å². The van der Waals surface area contributed by atoms with Crippen LogP contribution in [0.1, 0.15) is 233 Å². The van der Waals surface area contributed by atoms with Crippen molar-refractivity contribution in [2.75, 3.05) is 6.61 Å². The van der Waals surface area contributed by atoms with Gasteiger partial charge in [0, 0.05) is 6.42 Å². The van der Waals surface area contributed by atoms with E-state index in [0.717, 1.165) is 70.6 Å². The topological polar surface area (TPSA) is 95.9 Å². The van der Waals surface area contributed by atoms with Crippen molar-refractivity contribution in [2.24, 2.45) is 0 Å². The van der Waals surface area contributed by atoms with Crippen LogP contribution in [0.15, 0.2) is 36.5 Å². The molecule has 0 rings (SSSR count). The van der Waals surface area contributed by atoms with Gasteiger partial charge in [-0.25, -0.2) is 0 Å². The summed E-state index contributed by atoms with van der Waals surface area (Å²) < 4.78 is 5.89. The van der Waals surface area contributed by atoms with Gasteiger partial charge in [0.05, 0.1) is 25.2 Å². The van der Waals surface area contributed by atoms with Gasteiger partial charge in [-0.1, -0.05) is 211 Å². The fraction of sp³-hybridized carbons (Fsp3) is 0.833. The van der Waals surface area contributed by atoms with Gasteiger partial charge >= 0.3 is 5.97 Å². The molecule has 3 N–H and O–H groups in total. The Labute approximate surface area is 334 Å². The first kappa shape index (κ1) is 52.1. The minimum atomic E-state index is -0.792. The fourth-order valence-electron chi connectivity index (χ4n) is 7.02.